The van der Waals surface area contributed by atoms with Crippen LogP contribution in [0, 0.1) is 12.8 Å². The van der Waals surface area contributed by atoms with Gasteiger partial charge in [-0.1, -0.05) is 60.4 Å². The fourth-order valence-electron chi connectivity index (χ4n) is 3.75. The molecule has 0 aliphatic carbocycles. The van der Waals surface area contributed by atoms with Crippen molar-refractivity contribution < 1.29 is 0 Å². The van der Waals surface area contributed by atoms with Gasteiger partial charge in [0.25, 0.3) is 0 Å². The Balaban J connectivity index is 1.87. The van der Waals surface area contributed by atoms with Crippen LogP contribution in [0.15, 0.2) is 48.1 Å². The second-order valence-electron chi connectivity index (χ2n) is 7.74. The summed E-state index contributed by atoms with van der Waals surface area (Å²) in [5.74, 6) is 1.52. The molecule has 1 fully saturated rings. The third-order valence-electron chi connectivity index (χ3n) is 5.43. The van der Waals surface area contributed by atoms with E-state index in [0.717, 1.165) is 18.8 Å². The highest BCUT2D eigenvalue weighted by atomic mass is 15.1. The molecule has 1 aromatic carbocycles. The van der Waals surface area contributed by atoms with Crippen molar-refractivity contribution in [2.75, 3.05) is 19.6 Å². The maximum absolute atomic E-state index is 3.98. The summed E-state index contributed by atoms with van der Waals surface area (Å²) in [7, 11) is 0. The van der Waals surface area contributed by atoms with Gasteiger partial charge in [0.05, 0.1) is 0 Å². The molecule has 0 aromatic heterocycles. The van der Waals surface area contributed by atoms with E-state index < -0.39 is 0 Å². The molecule has 1 heteroatoms. The van der Waals surface area contributed by atoms with Gasteiger partial charge in [-0.05, 0) is 51.5 Å². The molecule has 132 valence electrons. The molecule has 1 aromatic rings. The van der Waals surface area contributed by atoms with Gasteiger partial charge in [-0.15, -0.1) is 6.58 Å². The average molecular weight is 326 g/mol. The summed E-state index contributed by atoms with van der Waals surface area (Å²) in [6.07, 6.45) is 7.15. The number of nitrogens with zero attached hydrogens (tertiary/aromatic N) is 1. The Morgan fingerprint density at radius 2 is 1.88 bits per heavy atom. The first-order valence-electron chi connectivity index (χ1n) is 9.58. The molecule has 2 unspecified atom stereocenters. The van der Waals surface area contributed by atoms with Crippen LogP contribution < -0.4 is 0 Å². The second kappa shape index (κ2) is 9.22. The van der Waals surface area contributed by atoms with Crippen LogP contribution in [0.4, 0.5) is 0 Å². The van der Waals surface area contributed by atoms with Crippen LogP contribution in [0.3, 0.4) is 0 Å². The molecular formula is C23H35N. The lowest BCUT2D eigenvalue weighted by Crippen LogP contribution is -2.22. The van der Waals surface area contributed by atoms with Crippen LogP contribution in [0.5, 0.6) is 0 Å². The standard InChI is InChI=1S/C23H35N/c1-6-21-16-24(15-14-19(4)9-7-8-18(2)3)17-23(21)22-12-10-20(5)11-13-22/h9-13,21,23H,2,6-8,14-17H2,1,3-5H3/b19-9-. The lowest BCUT2D eigenvalue weighted by Gasteiger charge is -2.17. The largest absolute Gasteiger partial charge is 0.302 e. The van der Waals surface area contributed by atoms with Gasteiger partial charge in [-0.3, -0.25) is 0 Å². The van der Waals surface area contributed by atoms with E-state index in [0.29, 0.717) is 5.92 Å². The van der Waals surface area contributed by atoms with Crippen molar-refractivity contribution in [2.45, 2.75) is 59.3 Å². The van der Waals surface area contributed by atoms with Crippen molar-refractivity contribution in [1.29, 1.82) is 0 Å². The predicted octanol–water partition coefficient (Wildman–Crippen LogP) is 6.11. The predicted molar refractivity (Wildman–Crippen MR) is 107 cm³/mol. The SMILES string of the molecule is C=C(C)CC/C=C(/C)CCN1CC(CC)C(c2ccc(C)cc2)C1. The summed E-state index contributed by atoms with van der Waals surface area (Å²) in [5, 5.41) is 0. The first-order valence-corrected chi connectivity index (χ1v) is 9.58. The fourth-order valence-corrected chi connectivity index (χ4v) is 3.75. The van der Waals surface area contributed by atoms with E-state index in [1.54, 1.807) is 0 Å². The normalized spacial score (nSPS) is 22.1. The molecule has 24 heavy (non-hydrogen) atoms. The Hall–Kier alpha value is -1.34. The zero-order valence-electron chi connectivity index (χ0n) is 16.1. The van der Waals surface area contributed by atoms with Gasteiger partial charge in [-0.25, -0.2) is 0 Å². The molecule has 0 bridgehead atoms. The summed E-state index contributed by atoms with van der Waals surface area (Å²) < 4.78 is 0. The highest BCUT2D eigenvalue weighted by Crippen LogP contribution is 2.34. The van der Waals surface area contributed by atoms with E-state index in [1.165, 1.54) is 54.7 Å². The van der Waals surface area contributed by atoms with Gasteiger partial charge >= 0.3 is 0 Å². The summed E-state index contributed by atoms with van der Waals surface area (Å²) in [6.45, 7) is 16.6. The van der Waals surface area contributed by atoms with Gasteiger partial charge in [0.2, 0.25) is 0 Å². The van der Waals surface area contributed by atoms with Crippen molar-refractivity contribution in [2.24, 2.45) is 5.92 Å². The third-order valence-corrected chi connectivity index (χ3v) is 5.43. The van der Waals surface area contributed by atoms with Crippen LogP contribution in [0.25, 0.3) is 0 Å². The van der Waals surface area contributed by atoms with Crippen molar-refractivity contribution >= 4 is 0 Å². The van der Waals surface area contributed by atoms with Crippen molar-refractivity contribution in [3.63, 3.8) is 0 Å². The van der Waals surface area contributed by atoms with Gasteiger partial charge in [0.15, 0.2) is 0 Å². The molecule has 0 radical (unpaired) electrons. The van der Waals surface area contributed by atoms with Gasteiger partial charge in [0, 0.05) is 25.6 Å². The lowest BCUT2D eigenvalue weighted by molar-refractivity contribution is 0.326. The smallest absolute Gasteiger partial charge is 0.00537 e. The molecular weight excluding hydrogens is 290 g/mol. The molecule has 1 saturated heterocycles. The Labute approximate surface area is 149 Å². The van der Waals surface area contributed by atoms with Gasteiger partial charge < -0.3 is 4.90 Å². The van der Waals surface area contributed by atoms with Crippen LogP contribution in [0.2, 0.25) is 0 Å². The summed E-state index contributed by atoms with van der Waals surface area (Å²) in [6, 6.07) is 9.21. The average Bonchev–Trinajstić information content (AvgIpc) is 2.96. The zero-order valence-corrected chi connectivity index (χ0v) is 16.1. The first kappa shape index (κ1) is 19.0. The van der Waals surface area contributed by atoms with Crippen LogP contribution in [-0.2, 0) is 0 Å². The van der Waals surface area contributed by atoms with Crippen molar-refractivity contribution in [3.8, 4) is 0 Å². The Kier molecular flexibility index (Phi) is 7.30. The van der Waals surface area contributed by atoms with Gasteiger partial charge in [0.1, 0.15) is 0 Å². The van der Waals surface area contributed by atoms with E-state index in [4.69, 9.17) is 0 Å². The minimum Gasteiger partial charge on any atom is -0.302 e. The maximum Gasteiger partial charge on any atom is 0.00537 e. The molecule has 1 aliphatic heterocycles. The molecule has 1 heterocycles. The van der Waals surface area contributed by atoms with Crippen molar-refractivity contribution in [1.82, 2.24) is 4.90 Å². The fraction of sp³-hybridized carbons (Fsp3) is 0.565. The number of aryl methyl sites for hydroxylation is 1. The van der Waals surface area contributed by atoms with E-state index >= 15 is 0 Å². The van der Waals surface area contributed by atoms with Crippen LogP contribution in [0.1, 0.15) is 63.5 Å². The highest BCUT2D eigenvalue weighted by molar-refractivity contribution is 5.26. The minimum absolute atomic E-state index is 0.711. The number of hydrogen-bond donors (Lipinski definition) is 0. The maximum atomic E-state index is 3.98. The monoisotopic (exact) mass is 325 g/mol. The van der Waals surface area contributed by atoms with E-state index in [2.05, 4.69) is 69.5 Å². The van der Waals surface area contributed by atoms with Crippen LogP contribution in [-0.4, -0.2) is 24.5 Å². The zero-order chi connectivity index (χ0) is 17.5. The summed E-state index contributed by atoms with van der Waals surface area (Å²) in [5.41, 5.74) is 5.70. The number of rotatable bonds is 8. The molecule has 2 atom stereocenters. The number of hydrogen-bond acceptors (Lipinski definition) is 1. The second-order valence-corrected chi connectivity index (χ2v) is 7.74. The molecule has 0 spiro atoms. The number of benzene rings is 1. The number of allylic oxidation sites excluding steroid dienone is 2. The van der Waals surface area contributed by atoms with E-state index in [9.17, 15) is 0 Å². The van der Waals surface area contributed by atoms with E-state index in [1.807, 2.05) is 0 Å². The molecule has 2 rings (SSSR count). The first-order chi connectivity index (χ1) is 11.5. The third kappa shape index (κ3) is 5.63. The highest BCUT2D eigenvalue weighted by Gasteiger charge is 2.32. The van der Waals surface area contributed by atoms with Crippen molar-refractivity contribution in [3.05, 3.63) is 59.2 Å². The quantitative estimate of drug-likeness (QED) is 0.521. The summed E-state index contributed by atoms with van der Waals surface area (Å²) in [4.78, 5) is 2.68. The Morgan fingerprint density at radius 3 is 2.50 bits per heavy atom. The topological polar surface area (TPSA) is 3.24 Å². The number of likely N-dealkylation sites (tertiary alicyclic amines) is 1. The van der Waals surface area contributed by atoms with Crippen LogP contribution >= 0.6 is 0 Å². The Bertz CT molecular complexity index is 552. The Morgan fingerprint density at radius 1 is 1.17 bits per heavy atom. The molecule has 0 saturated carbocycles. The summed E-state index contributed by atoms with van der Waals surface area (Å²) >= 11 is 0. The molecule has 1 nitrogen and oxygen atoms in total. The lowest BCUT2D eigenvalue weighted by atomic mass is 9.87. The minimum atomic E-state index is 0.711. The molecule has 0 amide bonds. The van der Waals surface area contributed by atoms with E-state index in [-0.39, 0.29) is 0 Å². The van der Waals surface area contributed by atoms with Gasteiger partial charge in [-0.2, -0.15) is 0 Å². The molecule has 1 aliphatic rings. The molecule has 0 N–H and O–H groups in total.